The van der Waals surface area contributed by atoms with Crippen molar-refractivity contribution < 1.29 is 18.7 Å². The second-order valence-electron chi connectivity index (χ2n) is 2.66. The third-order valence-corrected chi connectivity index (χ3v) is 2.13. The van der Waals surface area contributed by atoms with E-state index in [0.29, 0.717) is 6.29 Å². The number of esters is 1. The van der Waals surface area contributed by atoms with Gasteiger partial charge in [-0.3, -0.25) is 4.79 Å². The molecule has 0 aliphatic carbocycles. The molecule has 0 amide bonds. The van der Waals surface area contributed by atoms with E-state index in [-0.39, 0.29) is 17.2 Å². The molecule has 0 atom stereocenters. The highest BCUT2D eigenvalue weighted by molar-refractivity contribution is 6.35. The Morgan fingerprint density at radius 2 is 2.27 bits per heavy atom. The van der Waals surface area contributed by atoms with Gasteiger partial charge in [0.25, 0.3) is 0 Å². The summed E-state index contributed by atoms with van der Waals surface area (Å²) in [6.45, 7) is 1.70. The highest BCUT2D eigenvalue weighted by Gasteiger charge is 2.19. The molecule has 5 heteroatoms. The van der Waals surface area contributed by atoms with E-state index in [1.807, 2.05) is 0 Å². The Morgan fingerprint density at radius 3 is 2.80 bits per heavy atom. The average molecular weight is 231 g/mol. The van der Waals surface area contributed by atoms with Crippen LogP contribution in [0.25, 0.3) is 0 Å². The van der Waals surface area contributed by atoms with Gasteiger partial charge < -0.3 is 4.74 Å². The molecule has 0 bridgehead atoms. The van der Waals surface area contributed by atoms with Gasteiger partial charge in [-0.2, -0.15) is 0 Å². The lowest BCUT2D eigenvalue weighted by Gasteiger charge is -2.06. The number of halogens is 2. The van der Waals surface area contributed by atoms with Crippen molar-refractivity contribution in [2.75, 3.05) is 6.61 Å². The number of benzene rings is 1. The normalized spacial score (nSPS) is 9.80. The molecule has 15 heavy (non-hydrogen) atoms. The molecule has 0 N–H and O–H groups in total. The van der Waals surface area contributed by atoms with E-state index in [2.05, 4.69) is 4.74 Å². The number of rotatable bonds is 3. The topological polar surface area (TPSA) is 43.4 Å². The van der Waals surface area contributed by atoms with Crippen molar-refractivity contribution in [3.63, 3.8) is 0 Å². The third-order valence-electron chi connectivity index (χ3n) is 1.73. The van der Waals surface area contributed by atoms with Crippen LogP contribution in [-0.2, 0) is 4.74 Å². The van der Waals surface area contributed by atoms with Crippen molar-refractivity contribution in [2.45, 2.75) is 6.92 Å². The molecule has 1 rings (SSSR count). The molecule has 1 aromatic rings. The average Bonchev–Trinajstić information content (AvgIpc) is 2.18. The van der Waals surface area contributed by atoms with Gasteiger partial charge in [0, 0.05) is 5.56 Å². The van der Waals surface area contributed by atoms with Crippen LogP contribution in [0.15, 0.2) is 12.1 Å². The maximum absolute atomic E-state index is 13.2. The molecular formula is C10H8ClFO3. The fraction of sp³-hybridized carbons (Fsp3) is 0.200. The Balaban J connectivity index is 3.26. The number of aldehydes is 1. The molecule has 0 aliphatic heterocycles. The van der Waals surface area contributed by atoms with Gasteiger partial charge in [-0.05, 0) is 19.1 Å². The summed E-state index contributed by atoms with van der Waals surface area (Å²) in [6, 6.07) is 2.20. The molecule has 0 saturated carbocycles. The van der Waals surface area contributed by atoms with E-state index in [0.717, 1.165) is 6.07 Å². The van der Waals surface area contributed by atoms with E-state index < -0.39 is 17.3 Å². The number of ether oxygens (including phenoxy) is 1. The van der Waals surface area contributed by atoms with E-state index in [9.17, 15) is 14.0 Å². The fourth-order valence-corrected chi connectivity index (χ4v) is 1.32. The van der Waals surface area contributed by atoms with Crippen LogP contribution in [0, 0.1) is 5.82 Å². The van der Waals surface area contributed by atoms with Crippen LogP contribution >= 0.6 is 11.6 Å². The third kappa shape index (κ3) is 2.33. The molecule has 0 saturated heterocycles. The Bertz CT molecular complexity index is 404. The lowest BCUT2D eigenvalue weighted by Crippen LogP contribution is -2.09. The second kappa shape index (κ2) is 4.89. The molecule has 0 aromatic heterocycles. The summed E-state index contributed by atoms with van der Waals surface area (Å²) in [5, 5.41) is -0.219. The van der Waals surface area contributed by atoms with Crippen LogP contribution in [0.1, 0.15) is 27.6 Å². The first-order chi connectivity index (χ1) is 7.11. The minimum absolute atomic E-state index is 0.0566. The molecule has 0 heterocycles. The molecule has 0 unspecified atom stereocenters. The van der Waals surface area contributed by atoms with E-state index in [4.69, 9.17) is 11.6 Å². The van der Waals surface area contributed by atoms with Gasteiger partial charge in [0.05, 0.1) is 11.6 Å². The monoisotopic (exact) mass is 230 g/mol. The predicted octanol–water partition coefficient (Wildman–Crippen LogP) is 2.47. The van der Waals surface area contributed by atoms with Crippen LogP contribution in [0.4, 0.5) is 4.39 Å². The van der Waals surface area contributed by atoms with Gasteiger partial charge in [0.2, 0.25) is 0 Å². The van der Waals surface area contributed by atoms with Crippen LogP contribution in [0.3, 0.4) is 0 Å². The predicted molar refractivity (Wildman–Crippen MR) is 52.8 cm³/mol. The minimum Gasteiger partial charge on any atom is -0.462 e. The highest BCUT2D eigenvalue weighted by Crippen LogP contribution is 2.23. The van der Waals surface area contributed by atoms with Crippen molar-refractivity contribution in [1.82, 2.24) is 0 Å². The quantitative estimate of drug-likeness (QED) is 0.592. The van der Waals surface area contributed by atoms with Crippen molar-refractivity contribution in [3.05, 3.63) is 34.1 Å². The second-order valence-corrected chi connectivity index (χ2v) is 3.04. The van der Waals surface area contributed by atoms with Crippen LogP contribution < -0.4 is 0 Å². The lowest BCUT2D eigenvalue weighted by atomic mass is 10.1. The molecule has 3 nitrogen and oxygen atoms in total. The molecule has 80 valence electrons. The molecule has 0 fully saturated rings. The van der Waals surface area contributed by atoms with E-state index in [1.165, 1.54) is 6.07 Å². The number of hydrogen-bond acceptors (Lipinski definition) is 3. The van der Waals surface area contributed by atoms with Gasteiger partial charge in [-0.1, -0.05) is 11.6 Å². The maximum atomic E-state index is 13.2. The first kappa shape index (κ1) is 11.7. The van der Waals surface area contributed by atoms with Crippen molar-refractivity contribution >= 4 is 23.9 Å². The van der Waals surface area contributed by atoms with Gasteiger partial charge in [-0.15, -0.1) is 0 Å². The van der Waals surface area contributed by atoms with E-state index in [1.54, 1.807) is 6.92 Å². The summed E-state index contributed by atoms with van der Waals surface area (Å²) >= 11 is 5.67. The van der Waals surface area contributed by atoms with Gasteiger partial charge in [-0.25, -0.2) is 9.18 Å². The zero-order valence-corrected chi connectivity index (χ0v) is 8.68. The zero-order valence-electron chi connectivity index (χ0n) is 7.92. The SMILES string of the molecule is CCOC(=O)c1c(F)ccc(C=O)c1Cl. The minimum atomic E-state index is -0.872. The maximum Gasteiger partial charge on any atom is 0.342 e. The van der Waals surface area contributed by atoms with Crippen LogP contribution in [0.5, 0.6) is 0 Å². The Kier molecular flexibility index (Phi) is 3.80. The van der Waals surface area contributed by atoms with Crippen molar-refractivity contribution in [2.24, 2.45) is 0 Å². The van der Waals surface area contributed by atoms with Crippen molar-refractivity contribution in [1.29, 1.82) is 0 Å². The standard InChI is InChI=1S/C10H8ClFO3/c1-2-15-10(14)8-7(12)4-3-6(5-13)9(8)11/h3-5H,2H2,1H3. The van der Waals surface area contributed by atoms with E-state index >= 15 is 0 Å². The highest BCUT2D eigenvalue weighted by atomic mass is 35.5. The summed E-state index contributed by atoms with van der Waals surface area (Å²) in [4.78, 5) is 21.8. The van der Waals surface area contributed by atoms with Gasteiger partial charge in [0.1, 0.15) is 11.4 Å². The molecule has 0 aliphatic rings. The Morgan fingerprint density at radius 1 is 1.60 bits per heavy atom. The number of hydrogen-bond donors (Lipinski definition) is 0. The Labute approximate surface area is 90.8 Å². The summed E-state index contributed by atoms with van der Waals surface area (Å²) in [5.41, 5.74) is -0.343. The van der Waals surface area contributed by atoms with Gasteiger partial charge in [0.15, 0.2) is 6.29 Å². The van der Waals surface area contributed by atoms with Gasteiger partial charge >= 0.3 is 5.97 Å². The summed E-state index contributed by atoms with van der Waals surface area (Å²) < 4.78 is 17.8. The zero-order chi connectivity index (χ0) is 11.4. The Hall–Kier alpha value is -1.42. The number of carbonyl (C=O) groups is 2. The lowest BCUT2D eigenvalue weighted by molar-refractivity contribution is 0.0521. The smallest absolute Gasteiger partial charge is 0.342 e. The van der Waals surface area contributed by atoms with Crippen LogP contribution in [0.2, 0.25) is 5.02 Å². The first-order valence-electron chi connectivity index (χ1n) is 4.22. The molecule has 0 spiro atoms. The summed E-state index contributed by atoms with van der Waals surface area (Å²) in [6.07, 6.45) is 0.449. The largest absolute Gasteiger partial charge is 0.462 e. The molecule has 0 radical (unpaired) electrons. The fourth-order valence-electron chi connectivity index (χ4n) is 1.05. The first-order valence-corrected chi connectivity index (χ1v) is 4.60. The molecule has 1 aromatic carbocycles. The summed E-state index contributed by atoms with van der Waals surface area (Å²) in [7, 11) is 0. The summed E-state index contributed by atoms with van der Waals surface area (Å²) in [5.74, 6) is -1.67. The number of carbonyl (C=O) groups excluding carboxylic acids is 2. The van der Waals surface area contributed by atoms with Crippen molar-refractivity contribution in [3.8, 4) is 0 Å². The molecular weight excluding hydrogens is 223 g/mol. The van der Waals surface area contributed by atoms with Crippen LogP contribution in [-0.4, -0.2) is 18.9 Å².